The van der Waals surface area contributed by atoms with Crippen molar-refractivity contribution in [3.63, 3.8) is 0 Å². The SMILES string of the molecule is CC(C)NCc1ccc(N(C)Cc2cnn(C)c2)c(F)c1. The standard InChI is InChI=1S/C16H23FN4/c1-12(2)18-8-13-5-6-16(15(17)7-13)20(3)10-14-9-19-21(4)11-14/h5-7,9,11-12,18H,8,10H2,1-4H3. The number of hydrogen-bond donors (Lipinski definition) is 1. The minimum atomic E-state index is -0.190. The van der Waals surface area contributed by atoms with Crippen LogP contribution in [0.4, 0.5) is 10.1 Å². The zero-order chi connectivity index (χ0) is 15.4. The number of aryl methyl sites for hydroxylation is 1. The van der Waals surface area contributed by atoms with Crippen LogP contribution in [0.5, 0.6) is 0 Å². The van der Waals surface area contributed by atoms with Gasteiger partial charge in [0.15, 0.2) is 0 Å². The summed E-state index contributed by atoms with van der Waals surface area (Å²) in [7, 11) is 3.76. The molecule has 0 saturated heterocycles. The molecular formula is C16H23FN4. The molecule has 0 spiro atoms. The lowest BCUT2D eigenvalue weighted by Gasteiger charge is -2.20. The lowest BCUT2D eigenvalue weighted by Crippen LogP contribution is -2.22. The fourth-order valence-electron chi connectivity index (χ4n) is 2.20. The Hall–Kier alpha value is -1.88. The first-order valence-corrected chi connectivity index (χ1v) is 7.16. The Morgan fingerprint density at radius 3 is 2.67 bits per heavy atom. The molecule has 0 aliphatic heterocycles. The van der Waals surface area contributed by atoms with Gasteiger partial charge in [0.2, 0.25) is 0 Å². The summed E-state index contributed by atoms with van der Waals surface area (Å²) in [4.78, 5) is 1.89. The van der Waals surface area contributed by atoms with Gasteiger partial charge in [0.25, 0.3) is 0 Å². The maximum atomic E-state index is 14.2. The van der Waals surface area contributed by atoms with Gasteiger partial charge in [0.1, 0.15) is 5.82 Å². The van der Waals surface area contributed by atoms with Crippen LogP contribution >= 0.6 is 0 Å². The van der Waals surface area contributed by atoms with Crippen molar-refractivity contribution in [3.8, 4) is 0 Å². The molecule has 114 valence electrons. The second-order valence-electron chi connectivity index (χ2n) is 5.70. The van der Waals surface area contributed by atoms with Crippen molar-refractivity contribution in [1.82, 2.24) is 15.1 Å². The molecule has 5 heteroatoms. The van der Waals surface area contributed by atoms with E-state index in [4.69, 9.17) is 0 Å². The zero-order valence-corrected chi connectivity index (χ0v) is 13.1. The number of aromatic nitrogens is 2. The molecule has 0 unspecified atom stereocenters. The summed E-state index contributed by atoms with van der Waals surface area (Å²) in [5.74, 6) is -0.190. The van der Waals surface area contributed by atoms with Gasteiger partial charge in [-0.25, -0.2) is 4.39 Å². The number of benzene rings is 1. The molecular weight excluding hydrogens is 267 g/mol. The number of nitrogens with zero attached hydrogens (tertiary/aromatic N) is 3. The van der Waals surface area contributed by atoms with E-state index in [9.17, 15) is 4.39 Å². The maximum absolute atomic E-state index is 14.2. The molecule has 0 aliphatic rings. The van der Waals surface area contributed by atoms with E-state index in [1.165, 1.54) is 0 Å². The Balaban J connectivity index is 2.05. The molecule has 0 amide bonds. The van der Waals surface area contributed by atoms with Gasteiger partial charge >= 0.3 is 0 Å². The minimum absolute atomic E-state index is 0.190. The van der Waals surface area contributed by atoms with E-state index in [0.717, 1.165) is 11.1 Å². The van der Waals surface area contributed by atoms with Crippen molar-refractivity contribution >= 4 is 5.69 Å². The highest BCUT2D eigenvalue weighted by molar-refractivity contribution is 5.48. The number of nitrogens with one attached hydrogen (secondary N) is 1. The first kappa shape index (κ1) is 15.5. The molecule has 1 aromatic carbocycles. The fourth-order valence-corrected chi connectivity index (χ4v) is 2.20. The van der Waals surface area contributed by atoms with Crippen molar-refractivity contribution in [2.24, 2.45) is 7.05 Å². The predicted molar refractivity (Wildman–Crippen MR) is 83.7 cm³/mol. The van der Waals surface area contributed by atoms with Gasteiger partial charge in [-0.3, -0.25) is 4.68 Å². The lowest BCUT2D eigenvalue weighted by atomic mass is 10.1. The first-order valence-electron chi connectivity index (χ1n) is 7.16. The summed E-state index contributed by atoms with van der Waals surface area (Å²) in [6.07, 6.45) is 3.74. The molecule has 0 bridgehead atoms. The van der Waals surface area contributed by atoms with Gasteiger partial charge in [0, 0.05) is 45.0 Å². The van der Waals surface area contributed by atoms with E-state index in [1.54, 1.807) is 16.9 Å². The Bertz CT molecular complexity index is 592. The van der Waals surface area contributed by atoms with Crippen molar-refractivity contribution in [2.45, 2.75) is 33.0 Å². The van der Waals surface area contributed by atoms with Crippen LogP contribution in [0.25, 0.3) is 0 Å². The molecule has 2 aromatic rings. The number of anilines is 1. The molecule has 1 heterocycles. The molecule has 1 N–H and O–H groups in total. The molecule has 0 radical (unpaired) electrons. The molecule has 0 atom stereocenters. The highest BCUT2D eigenvalue weighted by Gasteiger charge is 2.10. The zero-order valence-electron chi connectivity index (χ0n) is 13.1. The third-order valence-electron chi connectivity index (χ3n) is 3.32. The predicted octanol–water partition coefficient (Wildman–Crippen LogP) is 2.69. The smallest absolute Gasteiger partial charge is 0.146 e. The molecule has 21 heavy (non-hydrogen) atoms. The van der Waals surface area contributed by atoms with Gasteiger partial charge in [0.05, 0.1) is 11.9 Å². The van der Waals surface area contributed by atoms with E-state index in [-0.39, 0.29) is 5.82 Å². The maximum Gasteiger partial charge on any atom is 0.146 e. The van der Waals surface area contributed by atoms with E-state index in [1.807, 2.05) is 37.3 Å². The Kier molecular flexibility index (Phi) is 4.96. The van der Waals surface area contributed by atoms with Gasteiger partial charge in [-0.05, 0) is 17.7 Å². The summed E-state index contributed by atoms with van der Waals surface area (Å²) < 4.78 is 16.0. The molecule has 0 saturated carbocycles. The summed E-state index contributed by atoms with van der Waals surface area (Å²) in [6.45, 7) is 5.47. The first-order chi connectivity index (χ1) is 9.95. The van der Waals surface area contributed by atoms with Crippen LogP contribution in [-0.2, 0) is 20.1 Å². The van der Waals surface area contributed by atoms with Crippen LogP contribution < -0.4 is 10.2 Å². The van der Waals surface area contributed by atoms with Gasteiger partial charge in [-0.1, -0.05) is 19.9 Å². The third kappa shape index (κ3) is 4.29. The Morgan fingerprint density at radius 1 is 1.33 bits per heavy atom. The fraction of sp³-hybridized carbons (Fsp3) is 0.438. The van der Waals surface area contributed by atoms with Crippen LogP contribution in [0, 0.1) is 5.82 Å². The van der Waals surface area contributed by atoms with E-state index >= 15 is 0 Å². The lowest BCUT2D eigenvalue weighted by molar-refractivity contribution is 0.580. The molecule has 4 nitrogen and oxygen atoms in total. The second kappa shape index (κ2) is 6.72. The molecule has 2 rings (SSSR count). The highest BCUT2D eigenvalue weighted by atomic mass is 19.1. The average Bonchev–Trinajstić information content (AvgIpc) is 2.81. The van der Waals surface area contributed by atoms with Crippen LogP contribution in [0.2, 0.25) is 0 Å². The third-order valence-corrected chi connectivity index (χ3v) is 3.32. The highest BCUT2D eigenvalue weighted by Crippen LogP contribution is 2.21. The van der Waals surface area contributed by atoms with Crippen LogP contribution in [0.15, 0.2) is 30.6 Å². The normalized spacial score (nSPS) is 11.1. The van der Waals surface area contributed by atoms with Crippen molar-refractivity contribution < 1.29 is 4.39 Å². The molecule has 0 fully saturated rings. The van der Waals surface area contributed by atoms with Crippen molar-refractivity contribution in [2.75, 3.05) is 11.9 Å². The quantitative estimate of drug-likeness (QED) is 0.888. The van der Waals surface area contributed by atoms with E-state index < -0.39 is 0 Å². The van der Waals surface area contributed by atoms with Crippen LogP contribution in [0.3, 0.4) is 0 Å². The van der Waals surface area contributed by atoms with Crippen LogP contribution in [0.1, 0.15) is 25.0 Å². The second-order valence-corrected chi connectivity index (χ2v) is 5.70. The van der Waals surface area contributed by atoms with Crippen molar-refractivity contribution in [3.05, 3.63) is 47.5 Å². The number of rotatable bonds is 6. The van der Waals surface area contributed by atoms with E-state index in [0.29, 0.717) is 24.8 Å². The summed E-state index contributed by atoms with van der Waals surface area (Å²) >= 11 is 0. The monoisotopic (exact) mass is 290 g/mol. The number of hydrogen-bond acceptors (Lipinski definition) is 3. The summed E-state index contributed by atoms with van der Waals surface area (Å²) in [5, 5.41) is 7.42. The largest absolute Gasteiger partial charge is 0.368 e. The summed E-state index contributed by atoms with van der Waals surface area (Å²) in [6, 6.07) is 5.79. The number of halogens is 1. The van der Waals surface area contributed by atoms with Gasteiger partial charge < -0.3 is 10.2 Å². The topological polar surface area (TPSA) is 33.1 Å². The Morgan fingerprint density at radius 2 is 2.10 bits per heavy atom. The van der Waals surface area contributed by atoms with E-state index in [2.05, 4.69) is 24.3 Å². The Labute approximate surface area is 125 Å². The van der Waals surface area contributed by atoms with Crippen LogP contribution in [-0.4, -0.2) is 22.9 Å². The molecule has 0 aliphatic carbocycles. The minimum Gasteiger partial charge on any atom is -0.368 e. The van der Waals surface area contributed by atoms with Gasteiger partial charge in [-0.2, -0.15) is 5.10 Å². The summed E-state index contributed by atoms with van der Waals surface area (Å²) in [5.41, 5.74) is 2.62. The average molecular weight is 290 g/mol. The molecule has 1 aromatic heterocycles. The van der Waals surface area contributed by atoms with Crippen molar-refractivity contribution in [1.29, 1.82) is 0 Å². The van der Waals surface area contributed by atoms with Gasteiger partial charge in [-0.15, -0.1) is 0 Å².